The van der Waals surface area contributed by atoms with Gasteiger partial charge < -0.3 is 9.64 Å². The van der Waals surface area contributed by atoms with Crippen LogP contribution in [-0.4, -0.2) is 36.5 Å². The number of esters is 1. The van der Waals surface area contributed by atoms with Gasteiger partial charge in [0.25, 0.3) is 5.91 Å². The molecule has 0 saturated carbocycles. The second-order valence-electron chi connectivity index (χ2n) is 5.28. The molecule has 0 aliphatic carbocycles. The molecule has 1 atom stereocenters. The van der Waals surface area contributed by atoms with Crippen LogP contribution in [0.1, 0.15) is 35.7 Å². The van der Waals surface area contributed by atoms with Crippen LogP contribution >= 0.6 is 22.6 Å². The molecule has 0 bridgehead atoms. The number of halogens is 1. The number of hydrogen-bond acceptors (Lipinski definition) is 3. The molecule has 1 saturated heterocycles. The zero-order valence-corrected chi connectivity index (χ0v) is 14.6. The monoisotopic (exact) mass is 401 g/mol. The highest BCUT2D eigenvalue weighted by Gasteiger charge is 2.30. The standard InChI is InChI=1S/C16H20INO3/c1-3-21-16(20)12-7-5-9-18(10-12)15(19)13-8-4-6-11(2)14(13)17/h4,6,8,12H,3,5,7,9-10H2,1-2H3/t12-/m0/s1. The van der Waals surface area contributed by atoms with E-state index in [1.165, 1.54) is 0 Å². The van der Waals surface area contributed by atoms with Crippen molar-refractivity contribution in [1.82, 2.24) is 4.90 Å². The van der Waals surface area contributed by atoms with Crippen molar-refractivity contribution < 1.29 is 14.3 Å². The number of carbonyl (C=O) groups is 2. The van der Waals surface area contributed by atoms with Crippen LogP contribution in [0, 0.1) is 16.4 Å². The zero-order chi connectivity index (χ0) is 15.4. The molecule has 1 fully saturated rings. The summed E-state index contributed by atoms with van der Waals surface area (Å²) in [6.45, 7) is 5.36. The van der Waals surface area contributed by atoms with Gasteiger partial charge >= 0.3 is 5.97 Å². The van der Waals surface area contributed by atoms with Crippen LogP contribution in [0.2, 0.25) is 0 Å². The van der Waals surface area contributed by atoms with Crippen LogP contribution in [0.25, 0.3) is 0 Å². The van der Waals surface area contributed by atoms with Crippen LogP contribution in [0.5, 0.6) is 0 Å². The van der Waals surface area contributed by atoms with Gasteiger partial charge in [0.15, 0.2) is 0 Å². The first-order valence-corrected chi connectivity index (χ1v) is 8.33. The lowest BCUT2D eigenvalue weighted by Gasteiger charge is -2.32. The number of carbonyl (C=O) groups excluding carboxylic acids is 2. The lowest BCUT2D eigenvalue weighted by molar-refractivity contribution is -0.149. The van der Waals surface area contributed by atoms with Gasteiger partial charge in [-0.15, -0.1) is 0 Å². The minimum atomic E-state index is -0.190. The van der Waals surface area contributed by atoms with Crippen molar-refractivity contribution in [2.45, 2.75) is 26.7 Å². The van der Waals surface area contributed by atoms with E-state index in [-0.39, 0.29) is 17.8 Å². The maximum atomic E-state index is 12.7. The summed E-state index contributed by atoms with van der Waals surface area (Å²) in [5.41, 5.74) is 1.82. The molecule has 4 nitrogen and oxygen atoms in total. The summed E-state index contributed by atoms with van der Waals surface area (Å²) in [7, 11) is 0. The van der Waals surface area contributed by atoms with E-state index in [0.717, 1.165) is 27.5 Å². The predicted octanol–water partition coefficient (Wildman–Crippen LogP) is 3.01. The van der Waals surface area contributed by atoms with E-state index in [2.05, 4.69) is 22.6 Å². The Hall–Kier alpha value is -1.11. The third kappa shape index (κ3) is 3.75. The van der Waals surface area contributed by atoms with Gasteiger partial charge in [-0.05, 0) is 60.9 Å². The van der Waals surface area contributed by atoms with E-state index in [9.17, 15) is 9.59 Å². The molecule has 2 rings (SSSR count). The summed E-state index contributed by atoms with van der Waals surface area (Å²) in [6, 6.07) is 5.75. The van der Waals surface area contributed by atoms with Gasteiger partial charge in [0, 0.05) is 16.7 Å². The number of piperidine rings is 1. The van der Waals surface area contributed by atoms with Crippen molar-refractivity contribution in [3.8, 4) is 0 Å². The fourth-order valence-electron chi connectivity index (χ4n) is 2.60. The zero-order valence-electron chi connectivity index (χ0n) is 12.4. The fraction of sp³-hybridized carbons (Fsp3) is 0.500. The van der Waals surface area contributed by atoms with Crippen molar-refractivity contribution in [2.75, 3.05) is 19.7 Å². The topological polar surface area (TPSA) is 46.6 Å². The van der Waals surface area contributed by atoms with Gasteiger partial charge in [-0.25, -0.2) is 0 Å². The number of aryl methyl sites for hydroxylation is 1. The van der Waals surface area contributed by atoms with Gasteiger partial charge in [0.05, 0.1) is 18.1 Å². The predicted molar refractivity (Wildman–Crippen MR) is 89.2 cm³/mol. The average molecular weight is 401 g/mol. The number of amides is 1. The molecule has 0 N–H and O–H groups in total. The van der Waals surface area contributed by atoms with E-state index < -0.39 is 0 Å². The Balaban J connectivity index is 2.12. The number of ether oxygens (including phenoxy) is 1. The maximum Gasteiger partial charge on any atom is 0.310 e. The smallest absolute Gasteiger partial charge is 0.310 e. The van der Waals surface area contributed by atoms with E-state index in [1.807, 2.05) is 25.1 Å². The van der Waals surface area contributed by atoms with Crippen molar-refractivity contribution in [3.63, 3.8) is 0 Å². The first-order valence-electron chi connectivity index (χ1n) is 7.25. The van der Waals surface area contributed by atoms with Gasteiger partial charge in [0.2, 0.25) is 0 Å². The Kier molecular flexibility index (Phi) is 5.61. The molecule has 0 spiro atoms. The van der Waals surface area contributed by atoms with Gasteiger partial charge in [-0.3, -0.25) is 9.59 Å². The summed E-state index contributed by atoms with van der Waals surface area (Å²) in [5.74, 6) is -0.365. The van der Waals surface area contributed by atoms with Gasteiger partial charge in [-0.2, -0.15) is 0 Å². The summed E-state index contributed by atoms with van der Waals surface area (Å²) in [5, 5.41) is 0. The second kappa shape index (κ2) is 7.24. The van der Waals surface area contributed by atoms with Crippen LogP contribution in [0.3, 0.4) is 0 Å². The van der Waals surface area contributed by atoms with E-state index in [1.54, 1.807) is 11.8 Å². The molecule has 21 heavy (non-hydrogen) atoms. The highest BCUT2D eigenvalue weighted by molar-refractivity contribution is 14.1. The Morgan fingerprint density at radius 2 is 2.19 bits per heavy atom. The molecule has 1 aliphatic heterocycles. The highest BCUT2D eigenvalue weighted by atomic mass is 127. The van der Waals surface area contributed by atoms with Crippen molar-refractivity contribution in [2.24, 2.45) is 5.92 Å². The van der Waals surface area contributed by atoms with E-state index >= 15 is 0 Å². The van der Waals surface area contributed by atoms with E-state index in [4.69, 9.17) is 4.74 Å². The minimum Gasteiger partial charge on any atom is -0.466 e. The number of hydrogen-bond donors (Lipinski definition) is 0. The maximum absolute atomic E-state index is 12.7. The largest absolute Gasteiger partial charge is 0.466 e. The molecule has 0 aromatic heterocycles. The Morgan fingerprint density at radius 1 is 1.43 bits per heavy atom. The molecule has 0 radical (unpaired) electrons. The summed E-state index contributed by atoms with van der Waals surface area (Å²) in [6.07, 6.45) is 1.64. The Morgan fingerprint density at radius 3 is 2.90 bits per heavy atom. The van der Waals surface area contributed by atoms with Gasteiger partial charge in [-0.1, -0.05) is 12.1 Å². The van der Waals surface area contributed by atoms with Crippen LogP contribution in [0.15, 0.2) is 18.2 Å². The van der Waals surface area contributed by atoms with Crippen LogP contribution in [-0.2, 0) is 9.53 Å². The summed E-state index contributed by atoms with van der Waals surface area (Å²) >= 11 is 2.21. The summed E-state index contributed by atoms with van der Waals surface area (Å²) in [4.78, 5) is 26.3. The first-order chi connectivity index (χ1) is 10.0. The lowest BCUT2D eigenvalue weighted by atomic mass is 9.97. The van der Waals surface area contributed by atoms with Crippen LogP contribution in [0.4, 0.5) is 0 Å². The molecule has 1 heterocycles. The Labute approximate surface area is 139 Å². The fourth-order valence-corrected chi connectivity index (χ4v) is 3.19. The quantitative estimate of drug-likeness (QED) is 0.578. The first kappa shape index (κ1) is 16.3. The third-order valence-electron chi connectivity index (χ3n) is 3.75. The molecule has 1 aromatic carbocycles. The number of rotatable bonds is 3. The van der Waals surface area contributed by atoms with Gasteiger partial charge in [0.1, 0.15) is 0 Å². The molecule has 1 aliphatic rings. The summed E-state index contributed by atoms with van der Waals surface area (Å²) < 4.78 is 6.06. The minimum absolute atomic E-state index is 0.0112. The average Bonchev–Trinajstić information content (AvgIpc) is 2.50. The molecular formula is C16H20INO3. The highest BCUT2D eigenvalue weighted by Crippen LogP contribution is 2.23. The normalized spacial score (nSPS) is 18.4. The van der Waals surface area contributed by atoms with Crippen LogP contribution < -0.4 is 0 Å². The number of likely N-dealkylation sites (tertiary alicyclic amines) is 1. The molecular weight excluding hydrogens is 381 g/mol. The second-order valence-corrected chi connectivity index (χ2v) is 6.36. The third-order valence-corrected chi connectivity index (χ3v) is 5.18. The lowest BCUT2D eigenvalue weighted by Crippen LogP contribution is -2.43. The molecule has 5 heteroatoms. The van der Waals surface area contributed by atoms with Crippen molar-refractivity contribution in [1.29, 1.82) is 0 Å². The molecule has 1 aromatic rings. The number of nitrogens with zero attached hydrogens (tertiary/aromatic N) is 1. The number of benzene rings is 1. The SMILES string of the molecule is CCOC(=O)[C@H]1CCCN(C(=O)c2cccc(C)c2I)C1. The van der Waals surface area contributed by atoms with E-state index in [0.29, 0.717) is 19.7 Å². The van der Waals surface area contributed by atoms with Crippen molar-refractivity contribution >= 4 is 34.5 Å². The molecule has 0 unspecified atom stereocenters. The molecule has 114 valence electrons. The van der Waals surface area contributed by atoms with Crippen molar-refractivity contribution in [3.05, 3.63) is 32.9 Å². The molecule has 1 amide bonds. The Bertz CT molecular complexity index is 544.